The molecule has 0 bridgehead atoms. The number of anilines is 3. The van der Waals surface area contributed by atoms with E-state index in [1.54, 1.807) is 0 Å². The summed E-state index contributed by atoms with van der Waals surface area (Å²) < 4.78 is 5.40. The van der Waals surface area contributed by atoms with E-state index >= 15 is 0 Å². The summed E-state index contributed by atoms with van der Waals surface area (Å²) in [7, 11) is 0. The van der Waals surface area contributed by atoms with Gasteiger partial charge in [-0.2, -0.15) is 9.97 Å². The molecule has 1 aromatic heterocycles. The summed E-state index contributed by atoms with van der Waals surface area (Å²) in [5, 5.41) is 0. The molecule has 2 saturated heterocycles. The highest BCUT2D eigenvalue weighted by molar-refractivity contribution is 5.81. The normalized spacial score (nSPS) is 19.2. The monoisotopic (exact) mass is 348 g/mol. The maximum Gasteiger partial charge on any atom is 0.228 e. The number of ether oxygens (including phenoxy) is 1. The Bertz CT molecular complexity index is 616. The summed E-state index contributed by atoms with van der Waals surface area (Å²) in [6, 6.07) is 1.99. The second-order valence-electron chi connectivity index (χ2n) is 7.57. The minimum atomic E-state index is -0.342. The van der Waals surface area contributed by atoms with Crippen LogP contribution in [0.2, 0.25) is 0 Å². The smallest absolute Gasteiger partial charge is 0.228 e. The molecule has 2 aliphatic rings. The van der Waals surface area contributed by atoms with Gasteiger partial charge in [-0.05, 0) is 0 Å². The fourth-order valence-electron chi connectivity index (χ4n) is 3.17. The van der Waals surface area contributed by atoms with Crippen molar-refractivity contribution in [2.45, 2.75) is 20.8 Å². The van der Waals surface area contributed by atoms with Crippen LogP contribution in [0.4, 0.5) is 17.6 Å². The Morgan fingerprint density at radius 1 is 1.00 bits per heavy atom. The van der Waals surface area contributed by atoms with E-state index in [0.29, 0.717) is 26.3 Å². The predicted octanol–water partition coefficient (Wildman–Crippen LogP) is 0.590. The van der Waals surface area contributed by atoms with Gasteiger partial charge in [0.2, 0.25) is 11.9 Å². The SMILES string of the molecule is CC(C)(C)C(=O)N1CCN(c2cc(N3CCOCC3)nc(N)n2)CC1. The molecule has 3 heterocycles. The van der Waals surface area contributed by atoms with Gasteiger partial charge in [0, 0.05) is 50.7 Å². The van der Waals surface area contributed by atoms with Crippen molar-refractivity contribution in [1.82, 2.24) is 14.9 Å². The van der Waals surface area contributed by atoms with Gasteiger partial charge in [-0.25, -0.2) is 0 Å². The first-order valence-electron chi connectivity index (χ1n) is 8.86. The van der Waals surface area contributed by atoms with Gasteiger partial charge < -0.3 is 25.2 Å². The number of nitrogens with zero attached hydrogens (tertiary/aromatic N) is 5. The van der Waals surface area contributed by atoms with Gasteiger partial charge in [0.25, 0.3) is 0 Å². The lowest BCUT2D eigenvalue weighted by Crippen LogP contribution is -2.52. The second-order valence-corrected chi connectivity index (χ2v) is 7.57. The van der Waals surface area contributed by atoms with Crippen molar-refractivity contribution < 1.29 is 9.53 Å². The third-order valence-corrected chi connectivity index (χ3v) is 4.58. The minimum Gasteiger partial charge on any atom is -0.378 e. The Kier molecular flexibility index (Phi) is 4.99. The van der Waals surface area contributed by atoms with Crippen LogP contribution in [0.25, 0.3) is 0 Å². The van der Waals surface area contributed by atoms with Gasteiger partial charge in [0.15, 0.2) is 0 Å². The maximum atomic E-state index is 12.4. The van der Waals surface area contributed by atoms with E-state index in [1.807, 2.05) is 31.7 Å². The average molecular weight is 348 g/mol. The molecule has 0 unspecified atom stereocenters. The van der Waals surface area contributed by atoms with Gasteiger partial charge in [0.05, 0.1) is 13.2 Å². The molecule has 0 aliphatic carbocycles. The molecule has 2 aliphatic heterocycles. The van der Waals surface area contributed by atoms with Crippen LogP contribution >= 0.6 is 0 Å². The molecule has 0 saturated carbocycles. The average Bonchev–Trinajstić information content (AvgIpc) is 2.61. The Balaban J connectivity index is 1.69. The Hall–Kier alpha value is -2.09. The lowest BCUT2D eigenvalue weighted by Gasteiger charge is -2.38. The summed E-state index contributed by atoms with van der Waals surface area (Å²) in [6.07, 6.45) is 0. The topological polar surface area (TPSA) is 87.8 Å². The second kappa shape index (κ2) is 7.03. The van der Waals surface area contributed by atoms with Crippen molar-refractivity contribution in [1.29, 1.82) is 0 Å². The summed E-state index contributed by atoms with van der Waals surface area (Å²) in [4.78, 5) is 27.5. The van der Waals surface area contributed by atoms with Crippen LogP contribution in [-0.2, 0) is 9.53 Å². The maximum absolute atomic E-state index is 12.4. The zero-order chi connectivity index (χ0) is 18.0. The number of carbonyl (C=O) groups excluding carboxylic acids is 1. The number of hydrogen-bond donors (Lipinski definition) is 1. The van der Waals surface area contributed by atoms with Crippen molar-refractivity contribution in [2.75, 3.05) is 68.0 Å². The van der Waals surface area contributed by atoms with Crippen LogP contribution in [0, 0.1) is 5.41 Å². The molecular formula is C17H28N6O2. The van der Waals surface area contributed by atoms with Crippen LogP contribution in [0.5, 0.6) is 0 Å². The number of nitrogens with two attached hydrogens (primary N) is 1. The highest BCUT2D eigenvalue weighted by Gasteiger charge is 2.30. The van der Waals surface area contributed by atoms with E-state index in [0.717, 1.165) is 37.8 Å². The number of morpholine rings is 1. The van der Waals surface area contributed by atoms with Crippen LogP contribution in [-0.4, -0.2) is 73.3 Å². The molecule has 0 radical (unpaired) electrons. The molecule has 1 amide bonds. The number of hydrogen-bond acceptors (Lipinski definition) is 7. The molecular weight excluding hydrogens is 320 g/mol. The number of aromatic nitrogens is 2. The van der Waals surface area contributed by atoms with Gasteiger partial charge in [0.1, 0.15) is 11.6 Å². The van der Waals surface area contributed by atoms with Crippen molar-refractivity contribution in [3.8, 4) is 0 Å². The van der Waals surface area contributed by atoms with Gasteiger partial charge in [-0.3, -0.25) is 4.79 Å². The molecule has 0 spiro atoms. The standard InChI is InChI=1S/C17H28N6O2/c1-17(2,3)15(24)23-6-4-21(5-7-23)13-12-14(20-16(18)19-13)22-8-10-25-11-9-22/h12H,4-11H2,1-3H3,(H2,18,19,20). The third-order valence-electron chi connectivity index (χ3n) is 4.58. The van der Waals surface area contributed by atoms with E-state index in [1.165, 1.54) is 0 Å². The predicted molar refractivity (Wildman–Crippen MR) is 97.7 cm³/mol. The molecule has 2 N–H and O–H groups in total. The number of piperazine rings is 1. The molecule has 25 heavy (non-hydrogen) atoms. The van der Waals surface area contributed by atoms with E-state index in [9.17, 15) is 4.79 Å². The summed E-state index contributed by atoms with van der Waals surface area (Å²) in [5.74, 6) is 2.16. The fraction of sp³-hybridized carbons (Fsp3) is 0.706. The van der Waals surface area contributed by atoms with Crippen LogP contribution in [0.15, 0.2) is 6.07 Å². The van der Waals surface area contributed by atoms with Gasteiger partial charge >= 0.3 is 0 Å². The largest absolute Gasteiger partial charge is 0.378 e. The lowest BCUT2D eigenvalue weighted by atomic mass is 9.94. The number of carbonyl (C=O) groups is 1. The Morgan fingerprint density at radius 2 is 1.52 bits per heavy atom. The zero-order valence-electron chi connectivity index (χ0n) is 15.4. The molecule has 0 atom stereocenters. The quantitative estimate of drug-likeness (QED) is 0.837. The first-order chi connectivity index (χ1) is 11.8. The molecule has 3 rings (SSSR count). The minimum absolute atomic E-state index is 0.198. The third kappa shape index (κ3) is 4.12. The number of amides is 1. The van der Waals surface area contributed by atoms with E-state index in [-0.39, 0.29) is 17.3 Å². The van der Waals surface area contributed by atoms with Crippen molar-refractivity contribution >= 4 is 23.5 Å². The molecule has 8 nitrogen and oxygen atoms in total. The summed E-state index contributed by atoms with van der Waals surface area (Å²) in [6.45, 7) is 11.8. The number of rotatable bonds is 2. The number of nitrogen functional groups attached to an aromatic ring is 1. The van der Waals surface area contributed by atoms with Crippen LogP contribution in [0.1, 0.15) is 20.8 Å². The first kappa shape index (κ1) is 17.7. The van der Waals surface area contributed by atoms with Crippen molar-refractivity contribution in [3.05, 3.63) is 6.07 Å². The fourth-order valence-corrected chi connectivity index (χ4v) is 3.17. The molecule has 2 fully saturated rings. The zero-order valence-corrected chi connectivity index (χ0v) is 15.4. The van der Waals surface area contributed by atoms with Gasteiger partial charge in [-0.15, -0.1) is 0 Å². The van der Waals surface area contributed by atoms with Crippen LogP contribution in [0.3, 0.4) is 0 Å². The first-order valence-corrected chi connectivity index (χ1v) is 8.86. The lowest BCUT2D eigenvalue weighted by molar-refractivity contribution is -0.139. The summed E-state index contributed by atoms with van der Waals surface area (Å²) in [5.41, 5.74) is 5.59. The van der Waals surface area contributed by atoms with Gasteiger partial charge in [-0.1, -0.05) is 20.8 Å². The van der Waals surface area contributed by atoms with Crippen LogP contribution < -0.4 is 15.5 Å². The molecule has 8 heteroatoms. The molecule has 138 valence electrons. The highest BCUT2D eigenvalue weighted by Crippen LogP contribution is 2.24. The molecule has 0 aromatic carbocycles. The summed E-state index contributed by atoms with van der Waals surface area (Å²) >= 11 is 0. The van der Waals surface area contributed by atoms with E-state index in [2.05, 4.69) is 19.8 Å². The van der Waals surface area contributed by atoms with Crippen molar-refractivity contribution in [2.24, 2.45) is 5.41 Å². The van der Waals surface area contributed by atoms with Crippen molar-refractivity contribution in [3.63, 3.8) is 0 Å². The Morgan fingerprint density at radius 3 is 2.04 bits per heavy atom. The van der Waals surface area contributed by atoms with E-state index in [4.69, 9.17) is 10.5 Å². The molecule has 1 aromatic rings. The Labute approximate surface area is 148 Å². The highest BCUT2D eigenvalue weighted by atomic mass is 16.5. The van der Waals surface area contributed by atoms with E-state index < -0.39 is 0 Å².